The van der Waals surface area contributed by atoms with E-state index in [4.69, 9.17) is 11.6 Å². The highest BCUT2D eigenvalue weighted by Gasteiger charge is 2.26. The number of fused-ring (bicyclic) bond motifs is 1. The average Bonchev–Trinajstić information content (AvgIpc) is 3.47. The monoisotopic (exact) mass is 540 g/mol. The minimum atomic E-state index is -3.86. The summed E-state index contributed by atoms with van der Waals surface area (Å²) < 4.78 is 29.9. The molecular formula is C23H17ClN6O4S2. The lowest BCUT2D eigenvalue weighted by molar-refractivity contribution is -0.384. The van der Waals surface area contributed by atoms with Crippen molar-refractivity contribution in [1.29, 1.82) is 0 Å². The van der Waals surface area contributed by atoms with Crippen LogP contribution in [0, 0.1) is 10.1 Å². The van der Waals surface area contributed by atoms with Gasteiger partial charge in [0.1, 0.15) is 5.01 Å². The molecule has 0 radical (unpaired) electrons. The highest BCUT2D eigenvalue weighted by atomic mass is 35.5. The molecule has 2 aromatic heterocycles. The van der Waals surface area contributed by atoms with Crippen molar-refractivity contribution in [3.8, 4) is 10.6 Å². The van der Waals surface area contributed by atoms with E-state index in [0.717, 1.165) is 0 Å². The van der Waals surface area contributed by atoms with Crippen molar-refractivity contribution in [2.75, 3.05) is 10.8 Å². The molecule has 0 aliphatic rings. The van der Waals surface area contributed by atoms with E-state index in [2.05, 4.69) is 15.3 Å². The molecule has 3 aromatic carbocycles. The van der Waals surface area contributed by atoms with Crippen LogP contribution >= 0.6 is 22.9 Å². The van der Waals surface area contributed by atoms with E-state index < -0.39 is 14.9 Å². The normalized spacial score (nSPS) is 11.6. The third-order valence-corrected chi connectivity index (χ3v) is 8.41. The molecule has 0 saturated heterocycles. The van der Waals surface area contributed by atoms with E-state index in [1.807, 2.05) is 0 Å². The lowest BCUT2D eigenvalue weighted by atomic mass is 10.2. The molecule has 5 aromatic rings. The summed E-state index contributed by atoms with van der Waals surface area (Å²) in [6, 6.07) is 20.8. The summed E-state index contributed by atoms with van der Waals surface area (Å²) in [6.45, 7) is 0.0873. The van der Waals surface area contributed by atoms with Gasteiger partial charge < -0.3 is 0 Å². The van der Waals surface area contributed by atoms with Crippen LogP contribution in [0.3, 0.4) is 0 Å². The molecule has 0 atom stereocenters. The summed E-state index contributed by atoms with van der Waals surface area (Å²) in [7, 11) is -3.86. The summed E-state index contributed by atoms with van der Waals surface area (Å²) in [5, 5.41) is 24.9. The van der Waals surface area contributed by atoms with Crippen LogP contribution in [0.2, 0.25) is 5.02 Å². The molecule has 0 spiro atoms. The maximum atomic E-state index is 13.5. The fourth-order valence-electron chi connectivity index (χ4n) is 3.57. The zero-order valence-corrected chi connectivity index (χ0v) is 20.8. The predicted octanol–water partition coefficient (Wildman–Crippen LogP) is 4.85. The first kappa shape index (κ1) is 23.9. The fourth-order valence-corrected chi connectivity index (χ4v) is 6.05. The van der Waals surface area contributed by atoms with Gasteiger partial charge in [-0.25, -0.2) is 8.42 Å². The molecule has 0 aliphatic heterocycles. The van der Waals surface area contributed by atoms with E-state index in [1.54, 1.807) is 71.2 Å². The molecule has 0 N–H and O–H groups in total. The second kappa shape index (κ2) is 9.64. The Morgan fingerprint density at radius 3 is 2.33 bits per heavy atom. The number of hydrogen-bond acceptors (Lipinski definition) is 8. The van der Waals surface area contributed by atoms with Crippen LogP contribution in [0.4, 0.5) is 11.4 Å². The topological polar surface area (TPSA) is 124 Å². The van der Waals surface area contributed by atoms with E-state index in [1.165, 1.54) is 27.8 Å². The summed E-state index contributed by atoms with van der Waals surface area (Å²) in [5.74, 6) is 0.483. The number of benzene rings is 3. The van der Waals surface area contributed by atoms with Crippen molar-refractivity contribution in [3.05, 3.63) is 99.8 Å². The minimum absolute atomic E-state index is 0.00986. The number of nitrogens with zero attached hydrogens (tertiary/aromatic N) is 6. The zero-order chi connectivity index (χ0) is 25.3. The second-order valence-corrected chi connectivity index (χ2v) is 10.9. The first-order valence-electron chi connectivity index (χ1n) is 10.6. The van der Waals surface area contributed by atoms with E-state index in [9.17, 15) is 18.5 Å². The van der Waals surface area contributed by atoms with Crippen molar-refractivity contribution >= 4 is 49.3 Å². The molecule has 0 unspecified atom stereocenters. The second-order valence-electron chi connectivity index (χ2n) is 7.64. The van der Waals surface area contributed by atoms with Gasteiger partial charge in [-0.15, -0.1) is 10.2 Å². The van der Waals surface area contributed by atoms with E-state index >= 15 is 0 Å². The molecule has 5 rings (SSSR count). The number of halogens is 1. The number of nitro groups is 1. The summed E-state index contributed by atoms with van der Waals surface area (Å²) in [4.78, 5) is 11.2. The Balaban J connectivity index is 1.44. The Bertz CT molecular complexity index is 1640. The highest BCUT2D eigenvalue weighted by molar-refractivity contribution is 7.92. The average molecular weight is 541 g/mol. The molecule has 2 heterocycles. The first-order chi connectivity index (χ1) is 17.3. The number of non-ortho nitro benzene ring substituents is 1. The standard InChI is InChI=1S/C23H17ClN6O4S2/c24-17-8-12-18(13-9-17)28(36(33,34)20-4-2-1-3-5-20)15-14-21-25-26-23-29(21)27-22(35-23)16-6-10-19(11-7-16)30(31)32/h1-13H,14-15H2. The minimum Gasteiger partial charge on any atom is -0.266 e. The van der Waals surface area contributed by atoms with Crippen LogP contribution in [0.15, 0.2) is 83.8 Å². The number of nitro benzene ring substituents is 1. The zero-order valence-electron chi connectivity index (χ0n) is 18.4. The van der Waals surface area contributed by atoms with Crippen LogP contribution in [0.1, 0.15) is 5.82 Å². The highest BCUT2D eigenvalue weighted by Crippen LogP contribution is 2.28. The smallest absolute Gasteiger partial charge is 0.266 e. The number of rotatable bonds is 8. The van der Waals surface area contributed by atoms with Crippen LogP contribution < -0.4 is 4.31 Å². The third-order valence-electron chi connectivity index (χ3n) is 5.36. The molecule has 36 heavy (non-hydrogen) atoms. The molecule has 182 valence electrons. The lowest BCUT2D eigenvalue weighted by Gasteiger charge is -2.24. The number of hydrogen-bond donors (Lipinski definition) is 0. The van der Waals surface area contributed by atoms with Gasteiger partial charge in [0.2, 0.25) is 4.96 Å². The Morgan fingerprint density at radius 1 is 0.972 bits per heavy atom. The number of aromatic nitrogens is 4. The number of sulfonamides is 1. The van der Waals surface area contributed by atoms with Crippen LogP contribution in [-0.4, -0.2) is 39.7 Å². The Morgan fingerprint density at radius 2 is 1.67 bits per heavy atom. The van der Waals surface area contributed by atoms with Crippen LogP contribution in [0.5, 0.6) is 0 Å². The van der Waals surface area contributed by atoms with Gasteiger partial charge >= 0.3 is 0 Å². The quantitative estimate of drug-likeness (QED) is 0.203. The first-order valence-corrected chi connectivity index (χ1v) is 13.3. The van der Waals surface area contributed by atoms with Crippen molar-refractivity contribution < 1.29 is 13.3 Å². The Labute approximate surface area is 214 Å². The maximum Gasteiger partial charge on any atom is 0.269 e. The fraction of sp³-hybridized carbons (Fsp3) is 0.0870. The van der Waals surface area contributed by atoms with Gasteiger partial charge in [0.15, 0.2) is 5.82 Å². The maximum absolute atomic E-state index is 13.5. The number of anilines is 1. The van der Waals surface area contributed by atoms with Crippen molar-refractivity contribution in [1.82, 2.24) is 19.8 Å². The lowest BCUT2D eigenvalue weighted by Crippen LogP contribution is -2.33. The van der Waals surface area contributed by atoms with Gasteiger partial charge in [0.25, 0.3) is 15.7 Å². The van der Waals surface area contributed by atoms with Crippen molar-refractivity contribution in [2.45, 2.75) is 11.3 Å². The molecule has 0 amide bonds. The van der Waals surface area contributed by atoms with Gasteiger partial charge in [-0.1, -0.05) is 41.1 Å². The molecule has 0 fully saturated rings. The summed E-state index contributed by atoms with van der Waals surface area (Å²) in [6.07, 6.45) is 0.235. The van der Waals surface area contributed by atoms with Gasteiger partial charge in [0.05, 0.1) is 15.5 Å². The van der Waals surface area contributed by atoms with E-state index in [0.29, 0.717) is 32.1 Å². The van der Waals surface area contributed by atoms with Crippen molar-refractivity contribution in [3.63, 3.8) is 0 Å². The van der Waals surface area contributed by atoms with Crippen LogP contribution in [0.25, 0.3) is 15.5 Å². The SMILES string of the molecule is O=[N+]([O-])c1ccc(-c2nn3c(CCN(c4ccc(Cl)cc4)S(=O)(=O)c4ccccc4)nnc3s2)cc1. The molecule has 0 saturated carbocycles. The molecule has 0 bridgehead atoms. The van der Waals surface area contributed by atoms with Gasteiger partial charge in [-0.2, -0.15) is 9.61 Å². The van der Waals surface area contributed by atoms with E-state index in [-0.39, 0.29) is 23.5 Å². The largest absolute Gasteiger partial charge is 0.269 e. The predicted molar refractivity (Wildman–Crippen MR) is 137 cm³/mol. The Hall–Kier alpha value is -3.87. The van der Waals surface area contributed by atoms with Crippen LogP contribution in [-0.2, 0) is 16.4 Å². The third kappa shape index (κ3) is 4.65. The van der Waals surface area contributed by atoms with Gasteiger partial charge in [0, 0.05) is 35.7 Å². The summed E-state index contributed by atoms with van der Waals surface area (Å²) >= 11 is 7.30. The Kier molecular flexibility index (Phi) is 6.39. The van der Waals surface area contributed by atoms with Gasteiger partial charge in [-0.05, 0) is 48.5 Å². The van der Waals surface area contributed by atoms with Gasteiger partial charge in [-0.3, -0.25) is 14.4 Å². The molecule has 10 nitrogen and oxygen atoms in total. The van der Waals surface area contributed by atoms with Crippen molar-refractivity contribution in [2.24, 2.45) is 0 Å². The molecule has 0 aliphatic carbocycles. The molecular weight excluding hydrogens is 524 g/mol. The summed E-state index contributed by atoms with van der Waals surface area (Å²) in [5.41, 5.74) is 1.16. The molecule has 13 heteroatoms.